The van der Waals surface area contributed by atoms with Gasteiger partial charge < -0.3 is 11.5 Å². The minimum atomic E-state index is -3.70. The lowest BCUT2D eigenvalue weighted by Crippen LogP contribution is -2.35. The fourth-order valence-electron chi connectivity index (χ4n) is 1.43. The lowest BCUT2D eigenvalue weighted by Gasteiger charge is -2.17. The fraction of sp³-hybridized carbons (Fsp3) is 0.300. The number of primary amides is 1. The Labute approximate surface area is 100 Å². The van der Waals surface area contributed by atoms with Crippen molar-refractivity contribution in [3.8, 4) is 0 Å². The van der Waals surface area contributed by atoms with Crippen molar-refractivity contribution in [3.63, 3.8) is 0 Å². The van der Waals surface area contributed by atoms with Crippen LogP contribution in [0.5, 0.6) is 0 Å². The Bertz CT molecular complexity index is 540. The molecule has 0 aromatic heterocycles. The van der Waals surface area contributed by atoms with E-state index >= 15 is 0 Å². The zero-order chi connectivity index (χ0) is 13.2. The number of carbonyl (C=O) groups excluding carboxylic acids is 1. The van der Waals surface area contributed by atoms with E-state index < -0.39 is 15.9 Å². The zero-order valence-corrected chi connectivity index (χ0v) is 10.5. The topological polar surface area (TPSA) is 106 Å². The monoisotopic (exact) mass is 257 g/mol. The first-order chi connectivity index (χ1) is 7.75. The number of nitrogens with two attached hydrogens (primary N) is 2. The van der Waals surface area contributed by atoms with E-state index in [-0.39, 0.29) is 11.4 Å². The molecule has 4 N–H and O–H groups in total. The number of rotatable bonds is 4. The number of nitrogens with zero attached hydrogens (tertiary/aromatic N) is 1. The van der Waals surface area contributed by atoms with Gasteiger partial charge in [-0.25, -0.2) is 8.42 Å². The molecule has 0 heterocycles. The maximum atomic E-state index is 12.1. The summed E-state index contributed by atoms with van der Waals surface area (Å²) in [4.78, 5) is 10.8. The third kappa shape index (κ3) is 2.95. The van der Waals surface area contributed by atoms with E-state index in [1.54, 1.807) is 13.0 Å². The molecule has 0 atom stereocenters. The minimum absolute atomic E-state index is 0.121. The van der Waals surface area contributed by atoms with Crippen LogP contribution in [-0.2, 0) is 14.8 Å². The molecule has 0 aliphatic rings. The summed E-state index contributed by atoms with van der Waals surface area (Å²) in [5.74, 6) is -0.704. The molecule has 0 spiro atoms. The van der Waals surface area contributed by atoms with Crippen molar-refractivity contribution >= 4 is 21.6 Å². The van der Waals surface area contributed by atoms with Crippen LogP contribution in [-0.4, -0.2) is 32.2 Å². The summed E-state index contributed by atoms with van der Waals surface area (Å²) < 4.78 is 25.1. The SMILES string of the molecule is Cc1cc(N)ccc1S(=O)(=O)N(C)CC(N)=O. The Morgan fingerprint density at radius 3 is 2.47 bits per heavy atom. The van der Waals surface area contributed by atoms with Gasteiger partial charge in [0, 0.05) is 12.7 Å². The molecule has 17 heavy (non-hydrogen) atoms. The van der Waals surface area contributed by atoms with Crippen molar-refractivity contribution in [2.24, 2.45) is 5.73 Å². The Hall–Kier alpha value is -1.60. The Balaban J connectivity index is 3.17. The van der Waals surface area contributed by atoms with Gasteiger partial charge in [0.05, 0.1) is 11.4 Å². The van der Waals surface area contributed by atoms with Gasteiger partial charge in [0.25, 0.3) is 0 Å². The second kappa shape index (κ2) is 4.72. The molecule has 0 aliphatic carbocycles. The highest BCUT2D eigenvalue weighted by atomic mass is 32.2. The second-order valence-corrected chi connectivity index (χ2v) is 5.77. The lowest BCUT2D eigenvalue weighted by atomic mass is 10.2. The van der Waals surface area contributed by atoms with Crippen LogP contribution >= 0.6 is 0 Å². The van der Waals surface area contributed by atoms with Gasteiger partial charge in [0.1, 0.15) is 0 Å². The minimum Gasteiger partial charge on any atom is -0.399 e. The van der Waals surface area contributed by atoms with Crippen molar-refractivity contribution in [2.45, 2.75) is 11.8 Å². The maximum Gasteiger partial charge on any atom is 0.243 e. The third-order valence-corrected chi connectivity index (χ3v) is 4.23. The van der Waals surface area contributed by atoms with Crippen molar-refractivity contribution in [1.82, 2.24) is 4.31 Å². The summed E-state index contributed by atoms with van der Waals surface area (Å²) in [5, 5.41) is 0. The maximum absolute atomic E-state index is 12.1. The molecule has 0 radical (unpaired) electrons. The molecule has 0 saturated heterocycles. The number of carbonyl (C=O) groups is 1. The first kappa shape index (κ1) is 13.5. The molecule has 0 aliphatic heterocycles. The molecule has 94 valence electrons. The number of nitrogen functional groups attached to an aromatic ring is 1. The molecule has 1 rings (SSSR count). The van der Waals surface area contributed by atoms with Gasteiger partial charge in [-0.3, -0.25) is 4.79 Å². The smallest absolute Gasteiger partial charge is 0.243 e. The third-order valence-electron chi connectivity index (χ3n) is 2.27. The summed E-state index contributed by atoms with van der Waals surface area (Å²) in [6.07, 6.45) is 0. The van der Waals surface area contributed by atoms with Crippen LogP contribution in [0.15, 0.2) is 23.1 Å². The van der Waals surface area contributed by atoms with Gasteiger partial charge in [-0.2, -0.15) is 4.31 Å². The predicted molar refractivity (Wildman–Crippen MR) is 64.6 cm³/mol. The van der Waals surface area contributed by atoms with E-state index in [1.165, 1.54) is 19.2 Å². The number of anilines is 1. The van der Waals surface area contributed by atoms with Crippen LogP contribution in [0.1, 0.15) is 5.56 Å². The number of hydrogen-bond acceptors (Lipinski definition) is 4. The molecule has 7 heteroatoms. The molecule has 0 unspecified atom stereocenters. The molecule has 0 saturated carbocycles. The van der Waals surface area contributed by atoms with Crippen molar-refractivity contribution in [1.29, 1.82) is 0 Å². The quantitative estimate of drug-likeness (QED) is 0.721. The highest BCUT2D eigenvalue weighted by Gasteiger charge is 2.23. The zero-order valence-electron chi connectivity index (χ0n) is 9.67. The second-order valence-electron chi connectivity index (χ2n) is 3.75. The number of benzene rings is 1. The summed E-state index contributed by atoms with van der Waals surface area (Å²) in [6, 6.07) is 4.47. The number of aryl methyl sites for hydroxylation is 1. The molecule has 0 bridgehead atoms. The summed E-state index contributed by atoms with van der Waals surface area (Å²) >= 11 is 0. The number of likely N-dealkylation sites (N-methyl/N-ethyl adjacent to an activating group) is 1. The molecule has 6 nitrogen and oxygen atoms in total. The van der Waals surface area contributed by atoms with Gasteiger partial charge in [0.2, 0.25) is 15.9 Å². The van der Waals surface area contributed by atoms with Gasteiger partial charge in [-0.05, 0) is 30.7 Å². The largest absolute Gasteiger partial charge is 0.399 e. The first-order valence-corrected chi connectivity index (χ1v) is 6.30. The van der Waals surface area contributed by atoms with Gasteiger partial charge in [-0.1, -0.05) is 0 Å². The van der Waals surface area contributed by atoms with Gasteiger partial charge >= 0.3 is 0 Å². The molecule has 1 aromatic rings. The molecule has 1 aromatic carbocycles. The number of hydrogen-bond donors (Lipinski definition) is 2. The van der Waals surface area contributed by atoms with Crippen molar-refractivity contribution in [2.75, 3.05) is 19.3 Å². The fourth-order valence-corrected chi connectivity index (χ4v) is 2.77. The normalized spacial score (nSPS) is 11.7. The molecule has 0 fully saturated rings. The van der Waals surface area contributed by atoms with Gasteiger partial charge in [0.15, 0.2) is 0 Å². The van der Waals surface area contributed by atoms with Crippen LogP contribution in [0, 0.1) is 6.92 Å². The Morgan fingerprint density at radius 1 is 1.41 bits per heavy atom. The van der Waals surface area contributed by atoms with Crippen LogP contribution in [0.3, 0.4) is 0 Å². The van der Waals surface area contributed by atoms with Crippen LogP contribution in [0.2, 0.25) is 0 Å². The van der Waals surface area contributed by atoms with Crippen LogP contribution in [0.25, 0.3) is 0 Å². The van der Waals surface area contributed by atoms with E-state index in [1.807, 2.05) is 0 Å². The summed E-state index contributed by atoms with van der Waals surface area (Å²) in [7, 11) is -2.40. The van der Waals surface area contributed by atoms with E-state index in [0.717, 1.165) is 4.31 Å². The van der Waals surface area contributed by atoms with Crippen LogP contribution in [0.4, 0.5) is 5.69 Å². The number of sulfonamides is 1. The highest BCUT2D eigenvalue weighted by molar-refractivity contribution is 7.89. The van der Waals surface area contributed by atoms with E-state index in [9.17, 15) is 13.2 Å². The average molecular weight is 257 g/mol. The van der Waals surface area contributed by atoms with E-state index in [0.29, 0.717) is 11.3 Å². The summed E-state index contributed by atoms with van der Waals surface area (Å²) in [5.41, 5.74) is 11.5. The van der Waals surface area contributed by atoms with Crippen molar-refractivity contribution in [3.05, 3.63) is 23.8 Å². The Morgan fingerprint density at radius 2 is 2.00 bits per heavy atom. The lowest BCUT2D eigenvalue weighted by molar-refractivity contribution is -0.118. The van der Waals surface area contributed by atoms with E-state index in [2.05, 4.69) is 0 Å². The predicted octanol–water partition coefficient (Wildman–Crippen LogP) is -0.317. The average Bonchev–Trinajstić information content (AvgIpc) is 2.15. The van der Waals surface area contributed by atoms with E-state index in [4.69, 9.17) is 11.5 Å². The molecule has 1 amide bonds. The highest BCUT2D eigenvalue weighted by Crippen LogP contribution is 2.20. The Kier molecular flexibility index (Phi) is 3.74. The standard InChI is InChI=1S/C10H15N3O3S/c1-7-5-8(11)3-4-9(7)17(15,16)13(2)6-10(12)14/h3-5H,6,11H2,1-2H3,(H2,12,14). The molecular weight excluding hydrogens is 242 g/mol. The van der Waals surface area contributed by atoms with Gasteiger partial charge in [-0.15, -0.1) is 0 Å². The number of amides is 1. The van der Waals surface area contributed by atoms with Crippen LogP contribution < -0.4 is 11.5 Å². The first-order valence-electron chi connectivity index (χ1n) is 4.86. The van der Waals surface area contributed by atoms with Crippen molar-refractivity contribution < 1.29 is 13.2 Å². The molecular formula is C10H15N3O3S. The summed E-state index contributed by atoms with van der Waals surface area (Å²) in [6.45, 7) is 1.29.